The van der Waals surface area contributed by atoms with Crippen LogP contribution in [0.1, 0.15) is 24.3 Å². The highest BCUT2D eigenvalue weighted by molar-refractivity contribution is 7.18. The van der Waals surface area contributed by atoms with Gasteiger partial charge in [0.2, 0.25) is 5.91 Å². The minimum atomic E-state index is -0.506. The molecule has 1 fully saturated rings. The smallest absolute Gasteiger partial charge is 0.227 e. The van der Waals surface area contributed by atoms with E-state index >= 15 is 0 Å². The number of aromatic nitrogens is 1. The number of benzene rings is 2. The zero-order valence-electron chi connectivity index (χ0n) is 15.9. The molecule has 3 aromatic rings. The molecule has 1 heterocycles. The number of Topliss-reactive ketones (excluding diaryl/α,β-unsaturated/α-hetero) is 1. The SMILES string of the molecule is N#CC1(CC(=O)CNC(=O)Cc2nc3c(Cl)cc(-c4ccc(F)cc4)cc3s2)CC1. The zero-order valence-corrected chi connectivity index (χ0v) is 17.4. The number of carbonyl (C=O) groups is 2. The van der Waals surface area contributed by atoms with Crippen molar-refractivity contribution in [2.75, 3.05) is 6.54 Å². The van der Waals surface area contributed by atoms with E-state index in [0.717, 1.165) is 28.7 Å². The Bertz CT molecular complexity index is 1180. The summed E-state index contributed by atoms with van der Waals surface area (Å²) >= 11 is 7.73. The topological polar surface area (TPSA) is 82.9 Å². The van der Waals surface area contributed by atoms with E-state index in [-0.39, 0.29) is 36.9 Å². The number of nitrogens with zero attached hydrogens (tertiary/aromatic N) is 2. The number of hydrogen-bond acceptors (Lipinski definition) is 5. The van der Waals surface area contributed by atoms with Crippen LogP contribution in [0.25, 0.3) is 21.3 Å². The third-order valence-electron chi connectivity index (χ3n) is 5.09. The molecule has 1 aliphatic rings. The fraction of sp³-hybridized carbons (Fsp3) is 0.273. The number of carbonyl (C=O) groups excluding carboxylic acids is 2. The molecule has 0 spiro atoms. The van der Waals surface area contributed by atoms with Gasteiger partial charge in [-0.2, -0.15) is 5.26 Å². The maximum absolute atomic E-state index is 13.2. The number of amides is 1. The predicted octanol–water partition coefficient (Wildman–Crippen LogP) is 4.68. The number of ketones is 1. The number of thiazole rings is 1. The summed E-state index contributed by atoms with van der Waals surface area (Å²) in [5, 5.41) is 12.7. The summed E-state index contributed by atoms with van der Waals surface area (Å²) in [6, 6.07) is 12.0. The number of halogens is 2. The van der Waals surface area contributed by atoms with Crippen molar-refractivity contribution in [2.24, 2.45) is 5.41 Å². The van der Waals surface area contributed by atoms with Crippen LogP contribution in [-0.2, 0) is 16.0 Å². The van der Waals surface area contributed by atoms with E-state index in [2.05, 4.69) is 16.4 Å². The standard InChI is InChI=1S/C22H17ClFN3O2S/c23-17-7-14(13-1-3-15(24)4-2-13)8-18-21(17)27-20(30-18)9-19(29)26-11-16(28)10-22(12-25)5-6-22/h1-4,7-8H,5-6,9-11H2,(H,26,29). The fourth-order valence-corrected chi connectivity index (χ4v) is 4.58. The second-order valence-electron chi connectivity index (χ2n) is 7.48. The molecule has 8 heteroatoms. The largest absolute Gasteiger partial charge is 0.349 e. The molecule has 0 saturated heterocycles. The van der Waals surface area contributed by atoms with Gasteiger partial charge >= 0.3 is 0 Å². The van der Waals surface area contributed by atoms with E-state index in [1.54, 1.807) is 18.2 Å². The summed E-state index contributed by atoms with van der Waals surface area (Å²) in [7, 11) is 0. The monoisotopic (exact) mass is 441 g/mol. The molecule has 0 aliphatic heterocycles. The average molecular weight is 442 g/mol. The average Bonchev–Trinajstić information content (AvgIpc) is 3.37. The van der Waals surface area contributed by atoms with E-state index in [9.17, 15) is 14.0 Å². The summed E-state index contributed by atoms with van der Waals surface area (Å²) in [5.74, 6) is -0.756. The Morgan fingerprint density at radius 2 is 1.97 bits per heavy atom. The first-order valence-corrected chi connectivity index (χ1v) is 10.6. The van der Waals surface area contributed by atoms with Crippen molar-refractivity contribution in [1.82, 2.24) is 10.3 Å². The minimum Gasteiger partial charge on any atom is -0.349 e. The Hall–Kier alpha value is -2.82. The maximum Gasteiger partial charge on any atom is 0.227 e. The first-order valence-electron chi connectivity index (χ1n) is 9.42. The van der Waals surface area contributed by atoms with Crippen LogP contribution >= 0.6 is 22.9 Å². The molecule has 1 aliphatic carbocycles. The van der Waals surface area contributed by atoms with Gasteiger partial charge in [0.1, 0.15) is 16.3 Å². The number of fused-ring (bicyclic) bond motifs is 1. The quantitative estimate of drug-likeness (QED) is 0.577. The van der Waals surface area contributed by atoms with E-state index in [1.807, 2.05) is 6.07 Å². The van der Waals surface area contributed by atoms with Crippen LogP contribution in [0.3, 0.4) is 0 Å². The molecule has 0 radical (unpaired) electrons. The number of rotatable bonds is 7. The van der Waals surface area contributed by atoms with Crippen LogP contribution < -0.4 is 5.32 Å². The van der Waals surface area contributed by atoms with Gasteiger partial charge in [0.25, 0.3) is 0 Å². The van der Waals surface area contributed by atoms with Gasteiger partial charge in [0, 0.05) is 6.42 Å². The second kappa shape index (κ2) is 8.13. The first-order chi connectivity index (χ1) is 14.4. The Labute approximate surface area is 181 Å². The van der Waals surface area contributed by atoms with E-state index in [0.29, 0.717) is 15.5 Å². The zero-order chi connectivity index (χ0) is 21.3. The Morgan fingerprint density at radius 1 is 1.23 bits per heavy atom. The van der Waals surface area contributed by atoms with Gasteiger partial charge in [-0.1, -0.05) is 23.7 Å². The molecular formula is C22H17ClFN3O2S. The molecule has 1 saturated carbocycles. The molecule has 0 atom stereocenters. The number of hydrogen-bond donors (Lipinski definition) is 1. The summed E-state index contributed by atoms with van der Waals surface area (Å²) in [5.41, 5.74) is 1.77. The second-order valence-corrected chi connectivity index (χ2v) is 9.00. The van der Waals surface area contributed by atoms with Gasteiger partial charge in [-0.25, -0.2) is 9.37 Å². The maximum atomic E-state index is 13.2. The third-order valence-corrected chi connectivity index (χ3v) is 6.38. The van der Waals surface area contributed by atoms with Crippen molar-refractivity contribution in [3.8, 4) is 17.2 Å². The van der Waals surface area contributed by atoms with Crippen molar-refractivity contribution in [1.29, 1.82) is 5.26 Å². The first kappa shape index (κ1) is 20.5. The summed E-state index contributed by atoms with van der Waals surface area (Å²) in [6.07, 6.45) is 1.72. The van der Waals surface area contributed by atoms with E-state index in [1.165, 1.54) is 23.5 Å². The van der Waals surface area contributed by atoms with Gasteiger partial charge in [0.15, 0.2) is 5.78 Å². The lowest BCUT2D eigenvalue weighted by atomic mass is 10.0. The lowest BCUT2D eigenvalue weighted by Gasteiger charge is -2.06. The Balaban J connectivity index is 1.42. The van der Waals surface area contributed by atoms with Crippen LogP contribution in [0.15, 0.2) is 36.4 Å². The minimum absolute atomic E-state index is 0.0399. The van der Waals surface area contributed by atoms with Crippen LogP contribution in [0.2, 0.25) is 5.02 Å². The van der Waals surface area contributed by atoms with E-state index in [4.69, 9.17) is 16.9 Å². The van der Waals surface area contributed by atoms with Gasteiger partial charge in [-0.05, 0) is 48.2 Å². The van der Waals surface area contributed by atoms with Gasteiger partial charge in [-0.15, -0.1) is 11.3 Å². The third kappa shape index (κ3) is 4.50. The molecule has 2 aromatic carbocycles. The van der Waals surface area contributed by atoms with Crippen LogP contribution in [0.4, 0.5) is 4.39 Å². The molecule has 1 amide bonds. The van der Waals surface area contributed by atoms with E-state index < -0.39 is 5.41 Å². The highest BCUT2D eigenvalue weighted by Gasteiger charge is 2.44. The van der Waals surface area contributed by atoms with Gasteiger partial charge in [0.05, 0.1) is 34.2 Å². The Morgan fingerprint density at radius 3 is 2.63 bits per heavy atom. The molecule has 152 valence electrons. The molecule has 4 rings (SSSR count). The van der Waals surface area contributed by atoms with Crippen LogP contribution in [0.5, 0.6) is 0 Å². The van der Waals surface area contributed by atoms with Crippen molar-refractivity contribution in [3.63, 3.8) is 0 Å². The highest BCUT2D eigenvalue weighted by atomic mass is 35.5. The molecule has 0 unspecified atom stereocenters. The summed E-state index contributed by atoms with van der Waals surface area (Å²) in [4.78, 5) is 28.6. The molecule has 0 bridgehead atoms. The molecule has 5 nitrogen and oxygen atoms in total. The number of nitriles is 1. The van der Waals surface area contributed by atoms with Crippen molar-refractivity contribution < 1.29 is 14.0 Å². The van der Waals surface area contributed by atoms with Gasteiger partial charge in [-0.3, -0.25) is 9.59 Å². The lowest BCUT2D eigenvalue weighted by Crippen LogP contribution is -2.31. The predicted molar refractivity (Wildman–Crippen MR) is 114 cm³/mol. The Kier molecular flexibility index (Phi) is 5.54. The van der Waals surface area contributed by atoms with Crippen molar-refractivity contribution in [3.05, 3.63) is 52.2 Å². The molecule has 1 aromatic heterocycles. The normalized spacial score (nSPS) is 14.3. The van der Waals surface area contributed by atoms with Crippen molar-refractivity contribution >= 4 is 44.8 Å². The van der Waals surface area contributed by atoms with Crippen LogP contribution in [0, 0.1) is 22.6 Å². The lowest BCUT2D eigenvalue weighted by molar-refractivity contribution is -0.125. The molecular weight excluding hydrogens is 425 g/mol. The molecule has 30 heavy (non-hydrogen) atoms. The number of nitrogens with one attached hydrogen (secondary N) is 1. The molecule has 1 N–H and O–H groups in total. The van der Waals surface area contributed by atoms with Gasteiger partial charge < -0.3 is 5.32 Å². The summed E-state index contributed by atoms with van der Waals surface area (Å²) in [6.45, 7) is -0.0807. The highest BCUT2D eigenvalue weighted by Crippen LogP contribution is 2.48. The van der Waals surface area contributed by atoms with Crippen molar-refractivity contribution in [2.45, 2.75) is 25.7 Å². The summed E-state index contributed by atoms with van der Waals surface area (Å²) < 4.78 is 14.0. The van der Waals surface area contributed by atoms with Crippen LogP contribution in [-0.4, -0.2) is 23.2 Å². The fourth-order valence-electron chi connectivity index (χ4n) is 3.24.